The van der Waals surface area contributed by atoms with Crippen molar-refractivity contribution < 1.29 is 22.8 Å². The first kappa shape index (κ1) is 16.5. The molecule has 0 bridgehead atoms. The van der Waals surface area contributed by atoms with Gasteiger partial charge in [0.05, 0.1) is 17.8 Å². The summed E-state index contributed by atoms with van der Waals surface area (Å²) in [5, 5.41) is 0. The van der Waals surface area contributed by atoms with Gasteiger partial charge in [-0.2, -0.15) is 13.2 Å². The highest BCUT2D eigenvalue weighted by Crippen LogP contribution is 2.37. The Hall–Kier alpha value is -1.92. The zero-order chi connectivity index (χ0) is 16.3. The topological polar surface area (TPSA) is 50.3 Å². The van der Waals surface area contributed by atoms with Crippen molar-refractivity contribution in [2.24, 2.45) is 11.8 Å². The van der Waals surface area contributed by atoms with Crippen LogP contribution in [-0.2, 0) is 22.3 Å². The molecule has 0 spiro atoms. The minimum Gasteiger partial charge on any atom is -0.330 e. The Balaban J connectivity index is 2.05. The average Bonchev–Trinajstić information content (AvgIpc) is 3.30. The van der Waals surface area contributed by atoms with Crippen LogP contribution in [0.4, 0.5) is 13.2 Å². The average molecular weight is 314 g/mol. The summed E-state index contributed by atoms with van der Waals surface area (Å²) >= 11 is 0. The monoisotopic (exact) mass is 314 g/mol. The number of amides is 1. The van der Waals surface area contributed by atoms with Crippen LogP contribution < -0.4 is 0 Å². The van der Waals surface area contributed by atoms with Crippen LogP contribution in [0.25, 0.3) is 0 Å². The minimum atomic E-state index is -4.44. The molecule has 22 heavy (non-hydrogen) atoms. The molecule has 1 fully saturated rings. The normalized spacial score (nSPS) is 16.2. The number of pyridine rings is 1. The smallest absolute Gasteiger partial charge is 0.330 e. The summed E-state index contributed by atoms with van der Waals surface area (Å²) in [6.45, 7) is 2.45. The van der Waals surface area contributed by atoms with E-state index in [1.165, 1.54) is 11.0 Å². The second-order valence-corrected chi connectivity index (χ2v) is 5.69. The van der Waals surface area contributed by atoms with E-state index in [9.17, 15) is 22.8 Å². The maximum Gasteiger partial charge on any atom is 0.417 e. The van der Waals surface area contributed by atoms with Gasteiger partial charge in [-0.05, 0) is 36.8 Å². The Kier molecular flexibility index (Phi) is 4.83. The van der Waals surface area contributed by atoms with Gasteiger partial charge in [-0.15, -0.1) is 0 Å². The van der Waals surface area contributed by atoms with Crippen molar-refractivity contribution in [3.63, 3.8) is 0 Å². The van der Waals surface area contributed by atoms with E-state index in [4.69, 9.17) is 0 Å². The van der Waals surface area contributed by atoms with Gasteiger partial charge in [-0.1, -0.05) is 6.92 Å². The van der Waals surface area contributed by atoms with Crippen LogP contribution in [0.5, 0.6) is 0 Å². The molecular formula is C15H17F3N2O2. The highest BCUT2D eigenvalue weighted by Gasteiger charge is 2.32. The fourth-order valence-electron chi connectivity index (χ4n) is 2.35. The standard InChI is InChI=1S/C15H17F3N2O2/c1-10(11-2-3-11)7-20(14(22)9-21)8-13-5-4-12(6-19-13)15(16,17)18/h4-6,9-11H,2-3,7-8H2,1H3. The number of carbonyl (C=O) groups excluding carboxylic acids is 2. The molecule has 120 valence electrons. The Morgan fingerprint density at radius 2 is 2.14 bits per heavy atom. The second kappa shape index (κ2) is 6.46. The van der Waals surface area contributed by atoms with Crippen molar-refractivity contribution in [3.8, 4) is 0 Å². The third kappa shape index (κ3) is 4.29. The van der Waals surface area contributed by atoms with Gasteiger partial charge >= 0.3 is 6.18 Å². The third-order valence-electron chi connectivity index (χ3n) is 3.85. The van der Waals surface area contributed by atoms with Gasteiger partial charge in [-0.25, -0.2) is 0 Å². The molecule has 0 radical (unpaired) electrons. The lowest BCUT2D eigenvalue weighted by molar-refractivity contribution is -0.140. The molecule has 1 amide bonds. The molecule has 0 N–H and O–H groups in total. The predicted octanol–water partition coefficient (Wildman–Crippen LogP) is 2.67. The van der Waals surface area contributed by atoms with Crippen LogP contribution in [0, 0.1) is 11.8 Å². The van der Waals surface area contributed by atoms with Crippen LogP contribution in [-0.4, -0.2) is 28.6 Å². The number of hydrogen-bond acceptors (Lipinski definition) is 3. The van der Waals surface area contributed by atoms with Gasteiger partial charge in [0.15, 0.2) is 0 Å². The molecule has 1 atom stereocenters. The summed E-state index contributed by atoms with van der Waals surface area (Å²) in [6.07, 6.45) is -1.25. The Labute approximate surface area is 126 Å². The van der Waals surface area contributed by atoms with E-state index in [-0.39, 0.29) is 18.7 Å². The van der Waals surface area contributed by atoms with E-state index in [0.717, 1.165) is 25.1 Å². The largest absolute Gasteiger partial charge is 0.417 e. The third-order valence-corrected chi connectivity index (χ3v) is 3.85. The number of nitrogens with zero attached hydrogens (tertiary/aromatic N) is 2. The van der Waals surface area contributed by atoms with Gasteiger partial charge in [-0.3, -0.25) is 14.6 Å². The maximum atomic E-state index is 12.5. The van der Waals surface area contributed by atoms with Gasteiger partial charge in [0, 0.05) is 12.7 Å². The lowest BCUT2D eigenvalue weighted by Crippen LogP contribution is -2.35. The highest BCUT2D eigenvalue weighted by molar-refractivity contribution is 6.23. The van der Waals surface area contributed by atoms with E-state index < -0.39 is 17.6 Å². The van der Waals surface area contributed by atoms with E-state index in [2.05, 4.69) is 4.98 Å². The van der Waals surface area contributed by atoms with Crippen LogP contribution in [0.3, 0.4) is 0 Å². The molecule has 1 aromatic rings. The number of hydrogen-bond donors (Lipinski definition) is 0. The van der Waals surface area contributed by atoms with Gasteiger partial charge in [0.2, 0.25) is 6.29 Å². The van der Waals surface area contributed by atoms with E-state index in [1.807, 2.05) is 6.92 Å². The summed E-state index contributed by atoms with van der Waals surface area (Å²) < 4.78 is 37.4. The Morgan fingerprint density at radius 1 is 1.45 bits per heavy atom. The number of carbonyl (C=O) groups is 2. The van der Waals surface area contributed by atoms with Crippen molar-refractivity contribution in [2.45, 2.75) is 32.5 Å². The minimum absolute atomic E-state index is 0.0345. The van der Waals surface area contributed by atoms with Crippen molar-refractivity contribution in [1.29, 1.82) is 0 Å². The van der Waals surface area contributed by atoms with E-state index >= 15 is 0 Å². The summed E-state index contributed by atoms with van der Waals surface area (Å²) in [7, 11) is 0. The maximum absolute atomic E-state index is 12.5. The Bertz CT molecular complexity index is 539. The van der Waals surface area contributed by atoms with Crippen molar-refractivity contribution in [2.75, 3.05) is 6.54 Å². The number of halogens is 3. The summed E-state index contributed by atoms with van der Waals surface area (Å²) in [5.41, 5.74) is -0.512. The first-order chi connectivity index (χ1) is 10.3. The Morgan fingerprint density at radius 3 is 2.59 bits per heavy atom. The number of aldehydes is 1. The molecule has 1 aromatic heterocycles. The fourth-order valence-corrected chi connectivity index (χ4v) is 2.35. The molecule has 7 heteroatoms. The fraction of sp³-hybridized carbons (Fsp3) is 0.533. The van der Waals surface area contributed by atoms with Gasteiger partial charge < -0.3 is 4.90 Å². The molecule has 1 aliphatic rings. The molecule has 0 aliphatic heterocycles. The second-order valence-electron chi connectivity index (χ2n) is 5.69. The lowest BCUT2D eigenvalue weighted by Gasteiger charge is -2.23. The summed E-state index contributed by atoms with van der Waals surface area (Å²) in [6, 6.07) is 2.16. The van der Waals surface area contributed by atoms with E-state index in [0.29, 0.717) is 18.2 Å². The highest BCUT2D eigenvalue weighted by atomic mass is 19.4. The lowest BCUT2D eigenvalue weighted by atomic mass is 10.1. The number of aromatic nitrogens is 1. The molecule has 1 saturated carbocycles. The molecule has 0 aromatic carbocycles. The summed E-state index contributed by atoms with van der Waals surface area (Å²) in [4.78, 5) is 27.5. The van der Waals surface area contributed by atoms with Crippen LogP contribution in [0.2, 0.25) is 0 Å². The summed E-state index contributed by atoms with van der Waals surface area (Å²) in [5.74, 6) is 0.148. The quantitative estimate of drug-likeness (QED) is 0.599. The molecule has 1 heterocycles. The van der Waals surface area contributed by atoms with Crippen molar-refractivity contribution >= 4 is 12.2 Å². The zero-order valence-electron chi connectivity index (χ0n) is 12.1. The van der Waals surface area contributed by atoms with Crippen LogP contribution in [0.15, 0.2) is 18.3 Å². The van der Waals surface area contributed by atoms with Gasteiger partial charge in [0.1, 0.15) is 0 Å². The van der Waals surface area contributed by atoms with Crippen LogP contribution in [0.1, 0.15) is 31.0 Å². The first-order valence-corrected chi connectivity index (χ1v) is 7.07. The van der Waals surface area contributed by atoms with Crippen molar-refractivity contribution in [3.05, 3.63) is 29.6 Å². The molecular weight excluding hydrogens is 297 g/mol. The van der Waals surface area contributed by atoms with E-state index in [1.54, 1.807) is 0 Å². The van der Waals surface area contributed by atoms with Gasteiger partial charge in [0.25, 0.3) is 5.91 Å². The SMILES string of the molecule is CC(CN(Cc1ccc(C(F)(F)F)cn1)C(=O)C=O)C1CC1. The molecule has 1 unspecified atom stereocenters. The predicted molar refractivity (Wildman–Crippen MR) is 72.6 cm³/mol. The zero-order valence-corrected chi connectivity index (χ0v) is 12.1. The molecule has 0 saturated heterocycles. The number of rotatable bonds is 6. The number of alkyl halides is 3. The van der Waals surface area contributed by atoms with Crippen molar-refractivity contribution in [1.82, 2.24) is 9.88 Å². The van der Waals surface area contributed by atoms with Crippen LogP contribution >= 0.6 is 0 Å². The molecule has 1 aliphatic carbocycles. The molecule has 4 nitrogen and oxygen atoms in total. The molecule has 2 rings (SSSR count). The first-order valence-electron chi connectivity index (χ1n) is 7.07.